The molecule has 0 saturated carbocycles. The summed E-state index contributed by atoms with van der Waals surface area (Å²) in [4.78, 5) is 11.1. The summed E-state index contributed by atoms with van der Waals surface area (Å²) >= 11 is 6.19. The van der Waals surface area contributed by atoms with Gasteiger partial charge in [0.1, 0.15) is 17.2 Å². The second-order valence-electron chi connectivity index (χ2n) is 6.77. The van der Waals surface area contributed by atoms with Gasteiger partial charge in [0.15, 0.2) is 0 Å². The van der Waals surface area contributed by atoms with Crippen LogP contribution in [-0.4, -0.2) is 16.2 Å². The van der Waals surface area contributed by atoms with Crippen molar-refractivity contribution in [2.45, 2.75) is 0 Å². The fourth-order valence-corrected chi connectivity index (χ4v) is 3.44. The van der Waals surface area contributed by atoms with Crippen molar-refractivity contribution in [3.63, 3.8) is 0 Å². The highest BCUT2D eigenvalue weighted by Gasteiger charge is 2.14. The Kier molecular flexibility index (Phi) is 5.17. The summed E-state index contributed by atoms with van der Waals surface area (Å²) in [6, 6.07) is 23.1. The van der Waals surface area contributed by atoms with Crippen molar-refractivity contribution in [2.24, 2.45) is 0 Å². The third-order valence-corrected chi connectivity index (χ3v) is 5.01. The maximum absolute atomic E-state index is 11.1. The molecule has 4 aromatic carbocycles. The molecule has 0 spiro atoms. The van der Waals surface area contributed by atoms with Crippen LogP contribution in [0.3, 0.4) is 0 Å². The highest BCUT2D eigenvalue weighted by molar-refractivity contribution is 6.30. The summed E-state index contributed by atoms with van der Waals surface area (Å²) in [6.45, 7) is 3.57. The van der Waals surface area contributed by atoms with E-state index in [4.69, 9.17) is 21.4 Å². The maximum Gasteiger partial charge on any atom is 0.335 e. The van der Waals surface area contributed by atoms with Gasteiger partial charge >= 0.3 is 5.97 Å². The molecule has 30 heavy (non-hydrogen) atoms. The van der Waals surface area contributed by atoms with Gasteiger partial charge in [0.25, 0.3) is 0 Å². The molecular weight excluding hydrogens is 400 g/mol. The molecule has 0 unspecified atom stereocenters. The number of aliphatic carboxylic acids is 1. The highest BCUT2D eigenvalue weighted by Crippen LogP contribution is 2.41. The van der Waals surface area contributed by atoms with Gasteiger partial charge in [-0.05, 0) is 65.0 Å². The summed E-state index contributed by atoms with van der Waals surface area (Å²) in [5.74, 6) is 0.252. The lowest BCUT2D eigenvalue weighted by Crippen LogP contribution is -1.97. The number of hydrogen-bond donors (Lipinski definition) is 2. The van der Waals surface area contributed by atoms with E-state index in [1.807, 2.05) is 30.3 Å². The maximum atomic E-state index is 11.1. The number of ether oxygens (including phenoxy) is 1. The molecule has 5 heteroatoms. The first-order valence-electron chi connectivity index (χ1n) is 9.14. The molecular formula is C25H17ClO4. The Morgan fingerprint density at radius 2 is 1.70 bits per heavy atom. The predicted octanol–water partition coefficient (Wildman–Crippen LogP) is 6.76. The number of aromatic hydroxyl groups is 1. The molecule has 0 heterocycles. The number of phenols is 1. The molecule has 0 aliphatic rings. The first kappa shape index (κ1) is 19.6. The first-order valence-corrected chi connectivity index (χ1v) is 9.52. The second kappa shape index (κ2) is 7.93. The third-order valence-electron chi connectivity index (χ3n) is 4.77. The first-order chi connectivity index (χ1) is 14.4. The predicted molar refractivity (Wildman–Crippen MR) is 119 cm³/mol. The Bertz CT molecular complexity index is 1280. The lowest BCUT2D eigenvalue weighted by atomic mass is 9.99. The summed E-state index contributed by atoms with van der Waals surface area (Å²) in [5, 5.41) is 21.2. The van der Waals surface area contributed by atoms with Crippen molar-refractivity contribution >= 4 is 33.9 Å². The van der Waals surface area contributed by atoms with Crippen LogP contribution in [0.25, 0.3) is 27.5 Å². The lowest BCUT2D eigenvalue weighted by molar-refractivity contribution is -0.130. The molecule has 0 aromatic heterocycles. The van der Waals surface area contributed by atoms with Gasteiger partial charge < -0.3 is 14.9 Å². The molecule has 0 fully saturated rings. The van der Waals surface area contributed by atoms with Gasteiger partial charge in [-0.2, -0.15) is 0 Å². The number of carbonyl (C=O) groups is 1. The Labute approximate surface area is 178 Å². The van der Waals surface area contributed by atoms with E-state index in [0.29, 0.717) is 22.1 Å². The van der Waals surface area contributed by atoms with E-state index in [1.165, 1.54) is 0 Å². The van der Waals surface area contributed by atoms with E-state index in [-0.39, 0.29) is 11.3 Å². The topological polar surface area (TPSA) is 66.8 Å². The number of hydrogen-bond acceptors (Lipinski definition) is 3. The van der Waals surface area contributed by atoms with E-state index in [9.17, 15) is 9.90 Å². The van der Waals surface area contributed by atoms with E-state index in [0.717, 1.165) is 21.9 Å². The van der Waals surface area contributed by atoms with Crippen LogP contribution >= 0.6 is 11.6 Å². The number of benzene rings is 4. The average molecular weight is 417 g/mol. The summed E-state index contributed by atoms with van der Waals surface area (Å²) in [7, 11) is 0. The van der Waals surface area contributed by atoms with Gasteiger partial charge in [-0.3, -0.25) is 0 Å². The summed E-state index contributed by atoms with van der Waals surface area (Å²) < 4.78 is 6.25. The monoisotopic (exact) mass is 416 g/mol. The standard InChI is InChI=1S/C25H17ClO4/c1-15(25(28)29)16-5-9-21(10-6-16)30-24-22(17-3-2-4-19(26)13-17)11-7-18-14-20(27)8-12-23(18)24/h2-14,27H,1H2,(H,28,29). The van der Waals surface area contributed by atoms with Crippen LogP contribution in [-0.2, 0) is 4.79 Å². The second-order valence-corrected chi connectivity index (χ2v) is 7.20. The van der Waals surface area contributed by atoms with E-state index >= 15 is 0 Å². The number of fused-ring (bicyclic) bond motifs is 1. The molecule has 0 radical (unpaired) electrons. The number of halogens is 1. The Balaban J connectivity index is 1.82. The van der Waals surface area contributed by atoms with Crippen LogP contribution < -0.4 is 4.74 Å². The minimum absolute atomic E-state index is 0.0156. The van der Waals surface area contributed by atoms with Gasteiger partial charge in [-0.1, -0.05) is 48.5 Å². The zero-order chi connectivity index (χ0) is 21.3. The van der Waals surface area contributed by atoms with Crippen molar-refractivity contribution in [3.8, 4) is 28.4 Å². The van der Waals surface area contributed by atoms with Gasteiger partial charge in [0, 0.05) is 16.0 Å². The highest BCUT2D eigenvalue weighted by atomic mass is 35.5. The fourth-order valence-electron chi connectivity index (χ4n) is 3.25. The van der Waals surface area contributed by atoms with Gasteiger partial charge in [0.05, 0.1) is 5.57 Å². The van der Waals surface area contributed by atoms with Crippen molar-refractivity contribution in [3.05, 3.63) is 96.0 Å². The normalized spacial score (nSPS) is 10.7. The lowest BCUT2D eigenvalue weighted by Gasteiger charge is -2.15. The largest absolute Gasteiger partial charge is 0.508 e. The Morgan fingerprint density at radius 3 is 2.40 bits per heavy atom. The smallest absolute Gasteiger partial charge is 0.335 e. The van der Waals surface area contributed by atoms with Crippen LogP contribution in [0.15, 0.2) is 85.4 Å². The van der Waals surface area contributed by atoms with Crippen molar-refractivity contribution < 1.29 is 19.7 Å². The fraction of sp³-hybridized carbons (Fsp3) is 0. The Morgan fingerprint density at radius 1 is 0.933 bits per heavy atom. The number of rotatable bonds is 5. The third kappa shape index (κ3) is 3.86. The molecule has 148 valence electrons. The Hall–Kier alpha value is -3.76. The van der Waals surface area contributed by atoms with E-state index in [2.05, 4.69) is 6.58 Å². The molecule has 2 N–H and O–H groups in total. The summed E-state index contributed by atoms with van der Waals surface area (Å²) in [5.41, 5.74) is 2.26. The number of carboxylic acids is 1. The zero-order valence-electron chi connectivity index (χ0n) is 15.8. The minimum atomic E-state index is -1.07. The molecule has 4 aromatic rings. The van der Waals surface area contributed by atoms with Gasteiger partial charge in [-0.25, -0.2) is 4.79 Å². The molecule has 0 saturated heterocycles. The number of carboxylic acid groups (broad SMARTS) is 1. The number of phenolic OH excluding ortho intramolecular Hbond substituents is 1. The zero-order valence-corrected chi connectivity index (χ0v) is 16.6. The van der Waals surface area contributed by atoms with Crippen molar-refractivity contribution in [1.29, 1.82) is 0 Å². The van der Waals surface area contributed by atoms with Gasteiger partial charge in [0.2, 0.25) is 0 Å². The van der Waals surface area contributed by atoms with Crippen molar-refractivity contribution in [1.82, 2.24) is 0 Å². The SMILES string of the molecule is C=C(C(=O)O)c1ccc(Oc2c(-c3cccc(Cl)c3)ccc3cc(O)ccc23)cc1. The van der Waals surface area contributed by atoms with E-state index in [1.54, 1.807) is 48.5 Å². The minimum Gasteiger partial charge on any atom is -0.508 e. The molecule has 0 amide bonds. The molecule has 0 atom stereocenters. The van der Waals surface area contributed by atoms with Crippen LogP contribution in [0.2, 0.25) is 5.02 Å². The quantitative estimate of drug-likeness (QED) is 0.353. The van der Waals surface area contributed by atoms with Crippen LogP contribution in [0, 0.1) is 0 Å². The van der Waals surface area contributed by atoms with Crippen LogP contribution in [0.1, 0.15) is 5.56 Å². The van der Waals surface area contributed by atoms with Gasteiger partial charge in [-0.15, -0.1) is 0 Å². The van der Waals surface area contributed by atoms with E-state index < -0.39 is 5.97 Å². The summed E-state index contributed by atoms with van der Waals surface area (Å²) in [6.07, 6.45) is 0. The average Bonchev–Trinajstić information content (AvgIpc) is 2.73. The molecule has 0 aliphatic heterocycles. The van der Waals surface area contributed by atoms with Crippen molar-refractivity contribution in [2.75, 3.05) is 0 Å². The van der Waals surface area contributed by atoms with Crippen LogP contribution in [0.5, 0.6) is 17.2 Å². The molecule has 0 bridgehead atoms. The molecule has 4 nitrogen and oxygen atoms in total. The molecule has 0 aliphatic carbocycles. The van der Waals surface area contributed by atoms with Crippen LogP contribution in [0.4, 0.5) is 0 Å². The molecule has 4 rings (SSSR count).